The Bertz CT molecular complexity index is 509. The molecule has 11 heteroatoms. The second-order valence-electron chi connectivity index (χ2n) is 4.69. The first-order chi connectivity index (χ1) is 9.43. The summed E-state index contributed by atoms with van der Waals surface area (Å²) in [4.78, 5) is 23.9. The highest BCUT2D eigenvalue weighted by molar-refractivity contribution is 5.58. The van der Waals surface area contributed by atoms with Gasteiger partial charge in [0, 0.05) is 13.1 Å². The zero-order valence-corrected chi connectivity index (χ0v) is 11.1. The van der Waals surface area contributed by atoms with Gasteiger partial charge in [-0.1, -0.05) is 5.43 Å². The zero-order chi connectivity index (χ0) is 14.8. The maximum atomic E-state index is 11.8. The molecule has 1 aromatic heterocycles. The van der Waals surface area contributed by atoms with E-state index >= 15 is 0 Å². The molecular weight excluding hydrogens is 272 g/mol. The Kier molecular flexibility index (Phi) is 3.79. The lowest BCUT2D eigenvalue weighted by atomic mass is 10.3. The number of morpholine rings is 1. The number of nitro groups is 1. The van der Waals surface area contributed by atoms with Crippen LogP contribution in [0.1, 0.15) is 13.8 Å². The third-order valence-electron chi connectivity index (χ3n) is 2.93. The fourth-order valence-electron chi connectivity index (χ4n) is 1.54. The molecule has 0 spiro atoms. The molecule has 2 rings (SSSR count). The first kappa shape index (κ1) is 14.1. The van der Waals surface area contributed by atoms with Crippen LogP contribution in [0.4, 0.5) is 11.6 Å². The van der Waals surface area contributed by atoms with Crippen molar-refractivity contribution in [3.63, 3.8) is 0 Å². The van der Waals surface area contributed by atoms with Crippen LogP contribution in [-0.4, -0.2) is 52.1 Å². The Labute approximate surface area is 113 Å². The number of nitrogens with zero attached hydrogens (tertiary/aromatic N) is 5. The van der Waals surface area contributed by atoms with Gasteiger partial charge < -0.3 is 9.64 Å². The smallest absolute Gasteiger partial charge is 0.378 e. The van der Waals surface area contributed by atoms with Crippen LogP contribution in [0.25, 0.3) is 0 Å². The molecule has 1 aliphatic rings. The third-order valence-corrected chi connectivity index (χ3v) is 2.93. The number of nitroso groups, excluding NO2 is 1. The van der Waals surface area contributed by atoms with Gasteiger partial charge in [0.05, 0.1) is 36.9 Å². The highest BCUT2D eigenvalue weighted by Crippen LogP contribution is 2.23. The van der Waals surface area contributed by atoms with Crippen LogP contribution in [0.2, 0.25) is 0 Å². The molecule has 1 saturated heterocycles. The molecule has 0 radical (unpaired) electrons. The Balaban J connectivity index is 2.12. The first-order valence-corrected chi connectivity index (χ1v) is 5.96. The second kappa shape index (κ2) is 5.36. The van der Waals surface area contributed by atoms with Gasteiger partial charge in [-0.2, -0.15) is 0 Å². The van der Waals surface area contributed by atoms with Crippen molar-refractivity contribution in [2.24, 2.45) is 0 Å². The summed E-state index contributed by atoms with van der Waals surface area (Å²) in [6.45, 7) is 4.53. The summed E-state index contributed by atoms with van der Waals surface area (Å²) in [6, 6.07) is 0. The lowest BCUT2D eigenvalue weighted by Gasteiger charge is -2.25. The molecule has 110 valence electrons. The molecule has 0 bridgehead atoms. The van der Waals surface area contributed by atoms with Crippen molar-refractivity contribution in [1.82, 2.24) is 10.3 Å². The van der Waals surface area contributed by atoms with Crippen LogP contribution in [0.3, 0.4) is 0 Å². The Morgan fingerprint density at radius 2 is 1.95 bits per heavy atom. The number of anilines is 2. The first-order valence-electron chi connectivity index (χ1n) is 5.96. The summed E-state index contributed by atoms with van der Waals surface area (Å²) >= 11 is 0. The summed E-state index contributed by atoms with van der Waals surface area (Å²) in [7, 11) is 0. The van der Waals surface area contributed by atoms with Gasteiger partial charge in [-0.25, -0.2) is 4.63 Å². The maximum Gasteiger partial charge on any atom is 0.472 e. The molecule has 0 saturated carbocycles. The van der Waals surface area contributed by atoms with Crippen LogP contribution < -0.4 is 10.3 Å². The van der Waals surface area contributed by atoms with Crippen LogP contribution >= 0.6 is 0 Å². The molecule has 0 atom stereocenters. The standard InChI is InChI=1S/C9H15N6O5/c1-9(2,15(17)18)14(16)10-7-8(12-20-11-7)13-3-5-19-6-4-13/h3-6H2,1-2H3,(H,10,11,16)/q+1. The summed E-state index contributed by atoms with van der Waals surface area (Å²) in [5, 5.41) is 18.1. The molecule has 0 unspecified atom stereocenters. The summed E-state index contributed by atoms with van der Waals surface area (Å²) in [6.07, 6.45) is 0. The minimum atomic E-state index is -1.85. The van der Waals surface area contributed by atoms with E-state index in [1.807, 2.05) is 4.90 Å². The summed E-state index contributed by atoms with van der Waals surface area (Å²) < 4.78 is 9.79. The Hall–Kier alpha value is -2.30. The molecule has 1 N–H and O–H groups in total. The van der Waals surface area contributed by atoms with Gasteiger partial charge in [0.2, 0.25) is 5.82 Å². The number of aromatic nitrogens is 2. The van der Waals surface area contributed by atoms with Crippen molar-refractivity contribution >= 4 is 11.6 Å². The van der Waals surface area contributed by atoms with Gasteiger partial charge in [0.1, 0.15) is 0 Å². The predicted octanol–water partition coefficient (Wildman–Crippen LogP) is 0.0248. The number of ether oxygens (including phenoxy) is 1. The number of hydrazine groups is 1. The van der Waals surface area contributed by atoms with E-state index in [1.165, 1.54) is 13.8 Å². The highest BCUT2D eigenvalue weighted by atomic mass is 16.6. The largest absolute Gasteiger partial charge is 0.472 e. The van der Waals surface area contributed by atoms with Gasteiger partial charge in [-0.3, -0.25) is 10.1 Å². The van der Waals surface area contributed by atoms with Crippen molar-refractivity contribution in [2.75, 3.05) is 36.6 Å². The topological polar surface area (TPSA) is 127 Å². The van der Waals surface area contributed by atoms with Crippen LogP contribution in [-0.2, 0) is 4.74 Å². The zero-order valence-electron chi connectivity index (χ0n) is 11.1. The molecule has 1 aliphatic heterocycles. The van der Waals surface area contributed by atoms with Crippen molar-refractivity contribution in [3.05, 3.63) is 15.0 Å². The molecule has 0 amide bonds. The number of rotatable bonds is 5. The lowest BCUT2D eigenvalue weighted by Crippen LogP contribution is -2.45. The van der Waals surface area contributed by atoms with Crippen molar-refractivity contribution in [3.8, 4) is 0 Å². The fourth-order valence-corrected chi connectivity index (χ4v) is 1.54. The Morgan fingerprint density at radius 1 is 1.30 bits per heavy atom. The second-order valence-corrected chi connectivity index (χ2v) is 4.69. The molecule has 20 heavy (non-hydrogen) atoms. The van der Waals surface area contributed by atoms with Crippen LogP contribution in [0.5, 0.6) is 0 Å². The van der Waals surface area contributed by atoms with Gasteiger partial charge in [0.15, 0.2) is 4.87 Å². The molecule has 1 aromatic rings. The van der Waals surface area contributed by atoms with E-state index in [4.69, 9.17) is 4.74 Å². The van der Waals surface area contributed by atoms with Gasteiger partial charge in [-0.15, -0.1) is 0 Å². The fraction of sp³-hybridized carbons (Fsp3) is 0.778. The molecule has 2 heterocycles. The van der Waals surface area contributed by atoms with Gasteiger partial charge in [-0.05, 0) is 10.3 Å². The minimum absolute atomic E-state index is 0.0387. The number of nitrogens with one attached hydrogen (secondary N) is 1. The minimum Gasteiger partial charge on any atom is -0.378 e. The van der Waals surface area contributed by atoms with Gasteiger partial charge >= 0.3 is 5.66 Å². The average Bonchev–Trinajstić information content (AvgIpc) is 2.87. The van der Waals surface area contributed by atoms with E-state index in [9.17, 15) is 15.0 Å². The van der Waals surface area contributed by atoms with E-state index < -0.39 is 10.6 Å². The van der Waals surface area contributed by atoms with Crippen LogP contribution in [0.15, 0.2) is 4.63 Å². The normalized spacial score (nSPS) is 16.0. The monoisotopic (exact) mass is 287 g/mol. The highest BCUT2D eigenvalue weighted by Gasteiger charge is 2.50. The van der Waals surface area contributed by atoms with E-state index in [2.05, 4.69) is 20.4 Å². The quantitative estimate of drug-likeness (QED) is 0.345. The number of hydrogen-bond donors (Lipinski definition) is 1. The Morgan fingerprint density at radius 3 is 2.55 bits per heavy atom. The molecular formula is C9H15N6O5+. The van der Waals surface area contributed by atoms with E-state index in [0.29, 0.717) is 32.1 Å². The maximum absolute atomic E-state index is 11.8. The molecule has 0 aromatic carbocycles. The van der Waals surface area contributed by atoms with Crippen molar-refractivity contribution < 1.29 is 19.2 Å². The van der Waals surface area contributed by atoms with E-state index in [0.717, 1.165) is 0 Å². The van der Waals surface area contributed by atoms with E-state index in [1.54, 1.807) is 0 Å². The predicted molar refractivity (Wildman–Crippen MR) is 65.7 cm³/mol. The van der Waals surface area contributed by atoms with Gasteiger partial charge in [0.25, 0.3) is 5.82 Å². The van der Waals surface area contributed by atoms with E-state index in [-0.39, 0.29) is 10.7 Å². The third kappa shape index (κ3) is 2.66. The number of hydrogen-bond acceptors (Lipinski definition) is 8. The SMILES string of the molecule is CC(C)([N+](=O)[O-])[N+](=O)Nc1nonc1N1CCOCC1. The summed E-state index contributed by atoms with van der Waals surface area (Å²) in [5.74, 6) is 0.366. The van der Waals surface area contributed by atoms with Crippen molar-refractivity contribution in [1.29, 1.82) is 0 Å². The lowest BCUT2D eigenvalue weighted by molar-refractivity contribution is -0.801. The van der Waals surface area contributed by atoms with Crippen molar-refractivity contribution in [2.45, 2.75) is 19.5 Å². The molecule has 1 fully saturated rings. The molecule has 11 nitrogen and oxygen atoms in total. The average molecular weight is 287 g/mol. The summed E-state index contributed by atoms with van der Waals surface area (Å²) in [5.41, 5.74) is 0.450. The molecule has 0 aliphatic carbocycles. The van der Waals surface area contributed by atoms with Crippen LogP contribution in [0, 0.1) is 15.0 Å².